The van der Waals surface area contributed by atoms with E-state index < -0.39 is 5.97 Å². The van der Waals surface area contributed by atoms with E-state index in [4.69, 9.17) is 5.11 Å². The third kappa shape index (κ3) is 802. The maximum absolute atomic E-state index is 9.60. The van der Waals surface area contributed by atoms with E-state index in [1.54, 1.807) is 0 Å². The standard InChI is InChI=1S/C4H6O2.6C2H4/c1-3(2)4(5)6;6*1-2/h1H2,2H3,(H,5,6);6*1-2H2. The monoisotopic (exact) mass is 254 g/mol. The molecule has 0 fully saturated rings. The minimum atomic E-state index is -0.935. The summed E-state index contributed by atoms with van der Waals surface area (Å²) in [5, 5.41) is 7.89. The van der Waals surface area contributed by atoms with Crippen LogP contribution in [0.25, 0.3) is 0 Å². The fourth-order valence-electron chi connectivity index (χ4n) is 0. The van der Waals surface area contributed by atoms with Gasteiger partial charge < -0.3 is 5.11 Å². The predicted molar refractivity (Wildman–Crippen MR) is 90.0 cm³/mol. The van der Waals surface area contributed by atoms with Crippen molar-refractivity contribution in [1.29, 1.82) is 0 Å². The van der Waals surface area contributed by atoms with Gasteiger partial charge in [0.15, 0.2) is 0 Å². The summed E-state index contributed by atoms with van der Waals surface area (Å²) in [5.41, 5.74) is 0.176. The summed E-state index contributed by atoms with van der Waals surface area (Å²) in [6.07, 6.45) is 0. The molecule has 0 aliphatic carbocycles. The molecular formula is C16H30O2. The SMILES string of the molecule is C=C.C=C.C=C.C=C.C=C.C=C.C=C(C)C(=O)O. The molecule has 0 aromatic heterocycles. The second-order valence-electron chi connectivity index (χ2n) is 1.09. The van der Waals surface area contributed by atoms with Crippen molar-refractivity contribution in [1.82, 2.24) is 0 Å². The van der Waals surface area contributed by atoms with Crippen LogP contribution in [-0.4, -0.2) is 11.1 Å². The lowest BCUT2D eigenvalue weighted by Gasteiger charge is -1.79. The van der Waals surface area contributed by atoms with Crippen molar-refractivity contribution in [3.63, 3.8) is 0 Å². The molecule has 0 unspecified atom stereocenters. The van der Waals surface area contributed by atoms with Gasteiger partial charge in [0.2, 0.25) is 0 Å². The van der Waals surface area contributed by atoms with Gasteiger partial charge in [-0.2, -0.15) is 0 Å². The minimum absolute atomic E-state index is 0.176. The molecule has 1 N–H and O–H groups in total. The van der Waals surface area contributed by atoms with E-state index in [0.29, 0.717) is 0 Å². The van der Waals surface area contributed by atoms with Crippen LogP contribution >= 0.6 is 0 Å². The van der Waals surface area contributed by atoms with Crippen molar-refractivity contribution in [2.24, 2.45) is 0 Å². The van der Waals surface area contributed by atoms with Crippen LogP contribution in [0.4, 0.5) is 0 Å². The molecule has 0 spiro atoms. The first kappa shape index (κ1) is 44.9. The van der Waals surface area contributed by atoms with Gasteiger partial charge in [-0.25, -0.2) is 4.79 Å². The van der Waals surface area contributed by atoms with Crippen LogP contribution in [0.3, 0.4) is 0 Å². The van der Waals surface area contributed by atoms with E-state index in [-0.39, 0.29) is 5.57 Å². The van der Waals surface area contributed by atoms with Crippen LogP contribution in [0, 0.1) is 0 Å². The van der Waals surface area contributed by atoms with Crippen molar-refractivity contribution in [3.05, 3.63) is 91.1 Å². The maximum Gasteiger partial charge on any atom is 0.330 e. The van der Waals surface area contributed by atoms with Crippen LogP contribution in [0.1, 0.15) is 6.92 Å². The number of carboxylic acid groups (broad SMARTS) is 1. The Hall–Kier alpha value is -2.35. The molecule has 0 saturated heterocycles. The summed E-state index contributed by atoms with van der Waals surface area (Å²) in [4.78, 5) is 9.60. The van der Waals surface area contributed by atoms with E-state index in [2.05, 4.69) is 85.5 Å². The van der Waals surface area contributed by atoms with Crippen molar-refractivity contribution >= 4 is 5.97 Å². The normalized spacial score (nSPS) is 3.83. The highest BCUT2D eigenvalue weighted by Crippen LogP contribution is 1.81. The molecule has 0 rings (SSSR count). The minimum Gasteiger partial charge on any atom is -0.478 e. The van der Waals surface area contributed by atoms with E-state index in [1.165, 1.54) is 6.92 Å². The topological polar surface area (TPSA) is 37.3 Å². The van der Waals surface area contributed by atoms with Crippen molar-refractivity contribution < 1.29 is 9.90 Å². The Balaban J connectivity index is -0.0000000174. The summed E-state index contributed by atoms with van der Waals surface area (Å²) in [7, 11) is 0. The van der Waals surface area contributed by atoms with Gasteiger partial charge >= 0.3 is 5.97 Å². The smallest absolute Gasteiger partial charge is 0.330 e. The highest BCUT2D eigenvalue weighted by atomic mass is 16.4. The van der Waals surface area contributed by atoms with Gasteiger partial charge in [0.1, 0.15) is 0 Å². The molecule has 0 aromatic rings. The van der Waals surface area contributed by atoms with Gasteiger partial charge in [-0.15, -0.1) is 78.9 Å². The van der Waals surface area contributed by atoms with Crippen molar-refractivity contribution in [2.45, 2.75) is 6.92 Å². The average Bonchev–Trinajstić information content (AvgIpc) is 2.51. The lowest BCUT2D eigenvalue weighted by molar-refractivity contribution is -0.132. The maximum atomic E-state index is 9.60. The van der Waals surface area contributed by atoms with Crippen LogP contribution in [0.15, 0.2) is 91.1 Å². The molecule has 0 amide bonds. The van der Waals surface area contributed by atoms with Crippen LogP contribution in [0.5, 0.6) is 0 Å². The van der Waals surface area contributed by atoms with Gasteiger partial charge in [-0.3, -0.25) is 0 Å². The van der Waals surface area contributed by atoms with Gasteiger partial charge in [-0.05, 0) is 6.92 Å². The van der Waals surface area contributed by atoms with Gasteiger partial charge in [-0.1, -0.05) is 6.58 Å². The molecule has 0 radical (unpaired) electrons. The Morgan fingerprint density at radius 2 is 0.722 bits per heavy atom. The Kier molecular flexibility index (Phi) is 511. The van der Waals surface area contributed by atoms with Gasteiger partial charge in [0.25, 0.3) is 0 Å². The third-order valence-corrected chi connectivity index (χ3v) is 0.365. The Morgan fingerprint density at radius 1 is 0.667 bits per heavy atom. The molecule has 18 heavy (non-hydrogen) atoms. The first-order valence-corrected chi connectivity index (χ1v) is 4.53. The summed E-state index contributed by atoms with van der Waals surface area (Å²) < 4.78 is 0. The summed E-state index contributed by atoms with van der Waals surface area (Å²) in [6, 6.07) is 0. The largest absolute Gasteiger partial charge is 0.478 e. The van der Waals surface area contributed by atoms with Gasteiger partial charge in [0.05, 0.1) is 0 Å². The Bertz CT molecular complexity index is 124. The average molecular weight is 254 g/mol. The van der Waals surface area contributed by atoms with E-state index in [0.717, 1.165) is 0 Å². The van der Waals surface area contributed by atoms with Crippen LogP contribution < -0.4 is 0 Å². The summed E-state index contributed by atoms with van der Waals surface area (Å²) in [5.74, 6) is -0.935. The number of hydrogen-bond donors (Lipinski definition) is 1. The molecule has 2 heteroatoms. The second kappa shape index (κ2) is 205. The molecule has 0 atom stereocenters. The highest BCUT2D eigenvalue weighted by molar-refractivity contribution is 5.84. The molecule has 0 saturated carbocycles. The fourth-order valence-corrected chi connectivity index (χ4v) is 0. The van der Waals surface area contributed by atoms with Gasteiger partial charge in [0, 0.05) is 5.57 Å². The first-order chi connectivity index (χ1) is 8.64. The van der Waals surface area contributed by atoms with E-state index in [1.807, 2.05) is 0 Å². The summed E-state index contributed by atoms with van der Waals surface area (Å²) >= 11 is 0. The molecule has 106 valence electrons. The number of carboxylic acids is 1. The number of carbonyl (C=O) groups is 1. The lowest BCUT2D eigenvalue weighted by Crippen LogP contribution is -1.92. The molecular weight excluding hydrogens is 224 g/mol. The van der Waals surface area contributed by atoms with E-state index >= 15 is 0 Å². The summed E-state index contributed by atoms with van der Waals surface area (Å²) in [6.45, 7) is 40.6. The predicted octanol–water partition coefficient (Wildman–Crippen LogP) is 5.46. The molecule has 0 bridgehead atoms. The number of hydrogen-bond acceptors (Lipinski definition) is 1. The zero-order chi connectivity index (χ0) is 17.2. The quantitative estimate of drug-likeness (QED) is 0.498. The Morgan fingerprint density at radius 3 is 0.722 bits per heavy atom. The molecule has 0 aliphatic heterocycles. The van der Waals surface area contributed by atoms with E-state index in [9.17, 15) is 4.79 Å². The second-order valence-corrected chi connectivity index (χ2v) is 1.09. The fraction of sp³-hybridized carbons (Fsp3) is 0.0625. The highest BCUT2D eigenvalue weighted by Gasteiger charge is 1.90. The first-order valence-electron chi connectivity index (χ1n) is 4.53. The zero-order valence-electron chi connectivity index (χ0n) is 12.0. The Labute approximate surface area is 114 Å². The van der Waals surface area contributed by atoms with Crippen LogP contribution in [0.2, 0.25) is 0 Å². The molecule has 0 aromatic carbocycles. The number of aliphatic carboxylic acids is 1. The molecule has 2 nitrogen and oxygen atoms in total. The third-order valence-electron chi connectivity index (χ3n) is 0.365. The van der Waals surface area contributed by atoms with Crippen LogP contribution in [-0.2, 0) is 4.79 Å². The van der Waals surface area contributed by atoms with Crippen molar-refractivity contribution in [2.75, 3.05) is 0 Å². The molecule has 0 heterocycles. The zero-order valence-corrected chi connectivity index (χ0v) is 12.0. The molecule has 0 aliphatic rings. The lowest BCUT2D eigenvalue weighted by atomic mass is 10.4. The van der Waals surface area contributed by atoms with Crippen molar-refractivity contribution in [3.8, 4) is 0 Å². The number of rotatable bonds is 1.